The first-order chi connectivity index (χ1) is 8.61. The maximum absolute atomic E-state index is 6.01. The van der Waals surface area contributed by atoms with Crippen LogP contribution in [0.2, 0.25) is 5.02 Å². The zero-order chi connectivity index (χ0) is 13.1. The third-order valence-corrected chi connectivity index (χ3v) is 3.76. The third kappa shape index (κ3) is 2.99. The van der Waals surface area contributed by atoms with Gasteiger partial charge in [-0.1, -0.05) is 37.2 Å². The van der Waals surface area contributed by atoms with Crippen LogP contribution in [0.15, 0.2) is 23.4 Å². The van der Waals surface area contributed by atoms with Gasteiger partial charge in [0, 0.05) is 23.9 Å². The van der Waals surface area contributed by atoms with Crippen LogP contribution in [-0.2, 0) is 11.3 Å². The second kappa shape index (κ2) is 5.95. The number of nitrogens with zero attached hydrogens (tertiary/aromatic N) is 2. The van der Waals surface area contributed by atoms with Crippen molar-refractivity contribution in [3.8, 4) is 0 Å². The number of benzene rings is 1. The molecule has 0 saturated carbocycles. The van der Waals surface area contributed by atoms with E-state index in [4.69, 9.17) is 16.3 Å². The molecule has 0 N–H and O–H groups in total. The summed E-state index contributed by atoms with van der Waals surface area (Å²) in [5.41, 5.74) is 2.06. The Hall–Kier alpha value is -0.710. The first-order valence-electron chi connectivity index (χ1n) is 5.93. The molecule has 2 aromatic rings. The number of hydrogen-bond donors (Lipinski definition) is 0. The minimum atomic E-state index is 0.499. The molecule has 0 saturated heterocycles. The van der Waals surface area contributed by atoms with Crippen LogP contribution in [0.4, 0.5) is 0 Å². The van der Waals surface area contributed by atoms with Crippen molar-refractivity contribution in [1.82, 2.24) is 9.55 Å². The van der Waals surface area contributed by atoms with Crippen molar-refractivity contribution in [2.45, 2.75) is 30.8 Å². The Morgan fingerprint density at radius 3 is 2.89 bits per heavy atom. The summed E-state index contributed by atoms with van der Waals surface area (Å²) in [5, 5.41) is 2.25. The van der Waals surface area contributed by atoms with Gasteiger partial charge in [0.05, 0.1) is 17.6 Å². The van der Waals surface area contributed by atoms with E-state index in [1.165, 1.54) is 0 Å². The number of methoxy groups -OCH3 is 1. The Kier molecular flexibility index (Phi) is 4.54. The molecule has 0 aliphatic carbocycles. The molecule has 0 aliphatic heterocycles. The number of hydrogen-bond acceptors (Lipinski definition) is 3. The lowest BCUT2D eigenvalue weighted by molar-refractivity contribution is 0.186. The molecule has 0 atom stereocenters. The molecule has 1 heterocycles. The van der Waals surface area contributed by atoms with Gasteiger partial charge in [-0.15, -0.1) is 0 Å². The number of fused-ring (bicyclic) bond motifs is 1. The quantitative estimate of drug-likeness (QED) is 0.781. The fourth-order valence-electron chi connectivity index (χ4n) is 1.78. The van der Waals surface area contributed by atoms with E-state index in [0.717, 1.165) is 27.8 Å². The molecular formula is C13H17ClN2OS. The fourth-order valence-corrected chi connectivity index (χ4v) is 2.84. The second-order valence-electron chi connectivity index (χ2n) is 4.34. The van der Waals surface area contributed by atoms with E-state index in [2.05, 4.69) is 23.4 Å². The zero-order valence-electron chi connectivity index (χ0n) is 10.8. The van der Waals surface area contributed by atoms with Crippen LogP contribution >= 0.6 is 23.4 Å². The Morgan fingerprint density at radius 1 is 1.44 bits per heavy atom. The van der Waals surface area contributed by atoms with Crippen LogP contribution in [0.25, 0.3) is 11.0 Å². The molecule has 98 valence electrons. The van der Waals surface area contributed by atoms with Crippen molar-refractivity contribution in [2.75, 3.05) is 13.7 Å². The van der Waals surface area contributed by atoms with Gasteiger partial charge >= 0.3 is 0 Å². The highest BCUT2D eigenvalue weighted by Gasteiger charge is 2.12. The lowest BCUT2D eigenvalue weighted by Gasteiger charge is -2.09. The Balaban J connectivity index is 2.45. The standard InChI is InChI=1S/C13H17ClN2OS/c1-9(2)18-13-15-11-8-10(14)4-5-12(11)16(13)6-7-17-3/h4-5,8-9H,6-7H2,1-3H3. The first-order valence-corrected chi connectivity index (χ1v) is 7.19. The predicted molar refractivity (Wildman–Crippen MR) is 77.6 cm³/mol. The van der Waals surface area contributed by atoms with Gasteiger partial charge in [0.1, 0.15) is 0 Å². The Labute approximate surface area is 116 Å². The number of ether oxygens (including phenoxy) is 1. The fraction of sp³-hybridized carbons (Fsp3) is 0.462. The Morgan fingerprint density at radius 2 is 2.22 bits per heavy atom. The summed E-state index contributed by atoms with van der Waals surface area (Å²) in [5.74, 6) is 0. The van der Waals surface area contributed by atoms with Crippen molar-refractivity contribution in [3.63, 3.8) is 0 Å². The SMILES string of the molecule is COCCn1c(SC(C)C)nc2cc(Cl)ccc21. The van der Waals surface area contributed by atoms with Gasteiger partial charge in [-0.05, 0) is 18.2 Å². The molecule has 0 spiro atoms. The van der Waals surface area contributed by atoms with E-state index in [0.29, 0.717) is 11.9 Å². The van der Waals surface area contributed by atoms with Crippen molar-refractivity contribution in [3.05, 3.63) is 23.2 Å². The smallest absolute Gasteiger partial charge is 0.169 e. The zero-order valence-corrected chi connectivity index (χ0v) is 12.4. The number of halogens is 1. The topological polar surface area (TPSA) is 27.1 Å². The minimum Gasteiger partial charge on any atom is -0.383 e. The molecule has 0 aliphatic rings. The van der Waals surface area contributed by atoms with Gasteiger partial charge in [-0.25, -0.2) is 4.98 Å². The summed E-state index contributed by atoms with van der Waals surface area (Å²) in [6.45, 7) is 5.82. The summed E-state index contributed by atoms with van der Waals surface area (Å²) in [7, 11) is 1.71. The lowest BCUT2D eigenvalue weighted by atomic mass is 10.3. The van der Waals surface area contributed by atoms with Gasteiger partial charge in [-0.3, -0.25) is 0 Å². The van der Waals surface area contributed by atoms with E-state index >= 15 is 0 Å². The Bertz CT molecular complexity index is 539. The van der Waals surface area contributed by atoms with Crippen LogP contribution in [-0.4, -0.2) is 28.5 Å². The van der Waals surface area contributed by atoms with E-state index in [1.807, 2.05) is 18.2 Å². The average Bonchev–Trinajstić information content (AvgIpc) is 2.62. The van der Waals surface area contributed by atoms with Crippen molar-refractivity contribution < 1.29 is 4.74 Å². The third-order valence-electron chi connectivity index (χ3n) is 2.54. The second-order valence-corrected chi connectivity index (χ2v) is 6.32. The molecule has 2 rings (SSSR count). The monoisotopic (exact) mass is 284 g/mol. The largest absolute Gasteiger partial charge is 0.383 e. The summed E-state index contributed by atoms with van der Waals surface area (Å²) in [6, 6.07) is 5.83. The van der Waals surface area contributed by atoms with E-state index in [9.17, 15) is 0 Å². The van der Waals surface area contributed by atoms with E-state index < -0.39 is 0 Å². The van der Waals surface area contributed by atoms with Crippen LogP contribution in [0.3, 0.4) is 0 Å². The van der Waals surface area contributed by atoms with Crippen molar-refractivity contribution >= 4 is 34.4 Å². The van der Waals surface area contributed by atoms with Gasteiger partial charge in [0.25, 0.3) is 0 Å². The molecule has 0 unspecified atom stereocenters. The number of rotatable bonds is 5. The summed E-state index contributed by atoms with van der Waals surface area (Å²) in [4.78, 5) is 4.65. The molecule has 0 radical (unpaired) electrons. The van der Waals surface area contributed by atoms with Crippen LogP contribution in [0.5, 0.6) is 0 Å². The highest BCUT2D eigenvalue weighted by molar-refractivity contribution is 7.99. The molecule has 0 bridgehead atoms. The number of aromatic nitrogens is 2. The maximum Gasteiger partial charge on any atom is 0.169 e. The van der Waals surface area contributed by atoms with Crippen molar-refractivity contribution in [1.29, 1.82) is 0 Å². The van der Waals surface area contributed by atoms with E-state index in [-0.39, 0.29) is 0 Å². The molecule has 3 nitrogen and oxygen atoms in total. The molecule has 5 heteroatoms. The van der Waals surface area contributed by atoms with Gasteiger partial charge in [0.15, 0.2) is 5.16 Å². The van der Waals surface area contributed by atoms with Crippen LogP contribution in [0.1, 0.15) is 13.8 Å². The van der Waals surface area contributed by atoms with Crippen molar-refractivity contribution in [2.24, 2.45) is 0 Å². The molecule has 0 amide bonds. The molecular weight excluding hydrogens is 268 g/mol. The lowest BCUT2D eigenvalue weighted by Crippen LogP contribution is -2.06. The first kappa shape index (κ1) is 13.7. The summed E-state index contributed by atoms with van der Waals surface area (Å²) < 4.78 is 7.36. The van der Waals surface area contributed by atoms with Crippen LogP contribution in [0, 0.1) is 0 Å². The number of imidazole rings is 1. The van der Waals surface area contributed by atoms with Gasteiger partial charge in [-0.2, -0.15) is 0 Å². The summed E-state index contributed by atoms with van der Waals surface area (Å²) in [6.07, 6.45) is 0. The maximum atomic E-state index is 6.01. The summed E-state index contributed by atoms with van der Waals surface area (Å²) >= 11 is 7.77. The predicted octanol–water partition coefficient (Wildman–Crippen LogP) is 3.84. The van der Waals surface area contributed by atoms with E-state index in [1.54, 1.807) is 18.9 Å². The minimum absolute atomic E-state index is 0.499. The molecule has 0 fully saturated rings. The average molecular weight is 285 g/mol. The highest BCUT2D eigenvalue weighted by atomic mass is 35.5. The highest BCUT2D eigenvalue weighted by Crippen LogP contribution is 2.28. The molecule has 1 aromatic heterocycles. The number of thioether (sulfide) groups is 1. The van der Waals surface area contributed by atoms with Gasteiger partial charge in [0.2, 0.25) is 0 Å². The van der Waals surface area contributed by atoms with Crippen LogP contribution < -0.4 is 0 Å². The molecule has 18 heavy (non-hydrogen) atoms. The van der Waals surface area contributed by atoms with Gasteiger partial charge < -0.3 is 9.30 Å². The normalized spacial score (nSPS) is 11.6. The molecule has 1 aromatic carbocycles.